The molecule has 0 saturated heterocycles. The predicted octanol–water partition coefficient (Wildman–Crippen LogP) is 4.53. The molecule has 4 nitrogen and oxygen atoms in total. The molecule has 0 aliphatic heterocycles. The van der Waals surface area contributed by atoms with Crippen LogP contribution < -0.4 is 15.4 Å². The Hall–Kier alpha value is -1.18. The van der Waals surface area contributed by atoms with Crippen molar-refractivity contribution in [3.63, 3.8) is 0 Å². The maximum Gasteiger partial charge on any atom is 0.264 e. The van der Waals surface area contributed by atoms with Crippen molar-refractivity contribution >= 4 is 65.9 Å². The molecule has 2 rings (SSSR count). The maximum absolute atomic E-state index is 11.9. The van der Waals surface area contributed by atoms with Gasteiger partial charge in [-0.05, 0) is 77.9 Å². The number of amides is 1. The normalized spacial score (nSPS) is 11.2. The number of carbonyl (C=O) groups excluding carboxylic acids is 1. The molecule has 7 heteroatoms. The fraction of sp³-hybridized carbons (Fsp3) is 0.294. The van der Waals surface area contributed by atoms with Crippen molar-refractivity contribution in [3.05, 3.63) is 39.3 Å². The molecule has 24 heavy (non-hydrogen) atoms. The van der Waals surface area contributed by atoms with Crippen molar-refractivity contribution < 1.29 is 9.53 Å². The lowest BCUT2D eigenvalue weighted by molar-refractivity contribution is -0.121. The molecule has 0 aliphatic rings. The van der Waals surface area contributed by atoms with Crippen LogP contribution in [0.5, 0.6) is 5.75 Å². The quantitative estimate of drug-likeness (QED) is 0.643. The largest absolute Gasteiger partial charge is 0.483 e. The number of hydrogen-bond acceptors (Lipinski definition) is 3. The number of thiocarbonyl (C=S) groups is 1. The summed E-state index contributed by atoms with van der Waals surface area (Å²) in [5, 5.41) is 8.00. The van der Waals surface area contributed by atoms with E-state index >= 15 is 0 Å². The molecule has 0 spiro atoms. The number of fused-ring (bicyclic) bond motifs is 1. The molecule has 0 bridgehead atoms. The van der Waals surface area contributed by atoms with E-state index in [1.807, 2.05) is 51.1 Å². The molecule has 0 heterocycles. The van der Waals surface area contributed by atoms with Crippen LogP contribution in [0.2, 0.25) is 0 Å². The SMILES string of the molecule is CC(C)(C)NC(=S)NC(=O)COc1ccc2cc(Br)ccc2c1Br. The van der Waals surface area contributed by atoms with Gasteiger partial charge in [0.25, 0.3) is 5.91 Å². The van der Waals surface area contributed by atoms with E-state index in [0.717, 1.165) is 19.7 Å². The van der Waals surface area contributed by atoms with Gasteiger partial charge in [-0.1, -0.05) is 28.1 Å². The van der Waals surface area contributed by atoms with Gasteiger partial charge in [0.15, 0.2) is 11.7 Å². The highest BCUT2D eigenvalue weighted by molar-refractivity contribution is 9.11. The van der Waals surface area contributed by atoms with Crippen LogP contribution in [-0.4, -0.2) is 23.2 Å². The number of ether oxygens (including phenoxy) is 1. The minimum atomic E-state index is -0.306. The Bertz CT molecular complexity index is 788. The van der Waals surface area contributed by atoms with Crippen molar-refractivity contribution in [2.75, 3.05) is 6.61 Å². The summed E-state index contributed by atoms with van der Waals surface area (Å²) in [7, 11) is 0. The van der Waals surface area contributed by atoms with Gasteiger partial charge in [0, 0.05) is 10.0 Å². The summed E-state index contributed by atoms with van der Waals surface area (Å²) in [6.07, 6.45) is 0. The van der Waals surface area contributed by atoms with E-state index in [4.69, 9.17) is 17.0 Å². The van der Waals surface area contributed by atoms with Gasteiger partial charge in [-0.2, -0.15) is 0 Å². The minimum absolute atomic E-state index is 0.118. The van der Waals surface area contributed by atoms with E-state index in [2.05, 4.69) is 42.5 Å². The average molecular weight is 474 g/mol. The lowest BCUT2D eigenvalue weighted by atomic mass is 10.1. The fourth-order valence-electron chi connectivity index (χ4n) is 2.03. The summed E-state index contributed by atoms with van der Waals surface area (Å²) in [4.78, 5) is 11.9. The van der Waals surface area contributed by atoms with Gasteiger partial charge in [0.05, 0.1) is 4.47 Å². The van der Waals surface area contributed by atoms with Crippen LogP contribution in [0, 0.1) is 0 Å². The Morgan fingerprint density at radius 3 is 2.58 bits per heavy atom. The predicted molar refractivity (Wildman–Crippen MR) is 108 cm³/mol. The first-order chi connectivity index (χ1) is 11.2. The van der Waals surface area contributed by atoms with Crippen LogP contribution >= 0.6 is 44.1 Å². The molecule has 0 saturated carbocycles. The minimum Gasteiger partial charge on any atom is -0.483 e. The molecular weight excluding hydrogens is 456 g/mol. The van der Waals surface area contributed by atoms with Crippen LogP contribution in [0.25, 0.3) is 10.8 Å². The van der Waals surface area contributed by atoms with Crippen molar-refractivity contribution in [3.8, 4) is 5.75 Å². The molecule has 0 atom stereocenters. The highest BCUT2D eigenvalue weighted by Crippen LogP contribution is 2.34. The Kier molecular flexibility index (Phi) is 6.22. The lowest BCUT2D eigenvalue weighted by Crippen LogP contribution is -2.49. The van der Waals surface area contributed by atoms with Crippen molar-refractivity contribution in [1.82, 2.24) is 10.6 Å². The Labute approximate surface area is 163 Å². The second kappa shape index (κ2) is 7.80. The summed E-state index contributed by atoms with van der Waals surface area (Å²) < 4.78 is 7.43. The van der Waals surface area contributed by atoms with E-state index in [1.54, 1.807) is 0 Å². The molecule has 0 radical (unpaired) electrons. The second-order valence-electron chi connectivity index (χ2n) is 6.28. The van der Waals surface area contributed by atoms with Gasteiger partial charge in [-0.15, -0.1) is 0 Å². The first-order valence-electron chi connectivity index (χ1n) is 7.28. The molecule has 0 aromatic heterocycles. The smallest absolute Gasteiger partial charge is 0.264 e. The standard InChI is InChI=1S/C17H18Br2N2O2S/c1-17(2,3)21-16(24)20-14(22)9-23-13-7-4-10-8-11(18)5-6-12(10)15(13)19/h4-8H,9H2,1-3H3,(H2,20,21,22,24). The topological polar surface area (TPSA) is 50.4 Å². The molecule has 2 aromatic rings. The summed E-state index contributed by atoms with van der Waals surface area (Å²) in [6.45, 7) is 5.78. The van der Waals surface area contributed by atoms with Gasteiger partial charge in [-0.3, -0.25) is 4.79 Å². The second-order valence-corrected chi connectivity index (χ2v) is 8.40. The Morgan fingerprint density at radius 1 is 1.21 bits per heavy atom. The highest BCUT2D eigenvalue weighted by atomic mass is 79.9. The van der Waals surface area contributed by atoms with E-state index in [1.165, 1.54) is 0 Å². The number of benzene rings is 2. The third-order valence-electron chi connectivity index (χ3n) is 2.98. The lowest BCUT2D eigenvalue weighted by Gasteiger charge is -2.22. The van der Waals surface area contributed by atoms with Crippen molar-refractivity contribution in [2.45, 2.75) is 26.3 Å². The zero-order chi connectivity index (χ0) is 17.9. The van der Waals surface area contributed by atoms with Crippen molar-refractivity contribution in [1.29, 1.82) is 0 Å². The molecule has 2 aromatic carbocycles. The van der Waals surface area contributed by atoms with Gasteiger partial charge < -0.3 is 15.4 Å². The Balaban J connectivity index is 2.00. The van der Waals surface area contributed by atoms with Crippen LogP contribution in [0.3, 0.4) is 0 Å². The summed E-state index contributed by atoms with van der Waals surface area (Å²) in [5.41, 5.74) is -0.207. The molecule has 0 unspecified atom stereocenters. The third kappa shape index (κ3) is 5.43. The van der Waals surface area contributed by atoms with E-state index in [0.29, 0.717) is 10.9 Å². The Morgan fingerprint density at radius 2 is 1.92 bits per heavy atom. The number of hydrogen-bond donors (Lipinski definition) is 2. The first-order valence-corrected chi connectivity index (χ1v) is 9.28. The molecule has 0 fully saturated rings. The van der Waals surface area contributed by atoms with Gasteiger partial charge in [0.2, 0.25) is 0 Å². The fourth-order valence-corrected chi connectivity index (χ4v) is 3.44. The summed E-state index contributed by atoms with van der Waals surface area (Å²) in [6, 6.07) is 9.74. The van der Waals surface area contributed by atoms with Crippen LogP contribution in [0.1, 0.15) is 20.8 Å². The van der Waals surface area contributed by atoms with E-state index in [-0.39, 0.29) is 18.1 Å². The van der Waals surface area contributed by atoms with Gasteiger partial charge in [-0.25, -0.2) is 0 Å². The van der Waals surface area contributed by atoms with E-state index in [9.17, 15) is 4.79 Å². The summed E-state index contributed by atoms with van der Waals surface area (Å²) >= 11 is 12.1. The van der Waals surface area contributed by atoms with Crippen LogP contribution in [0.4, 0.5) is 0 Å². The number of rotatable bonds is 3. The van der Waals surface area contributed by atoms with E-state index < -0.39 is 0 Å². The molecular formula is C17H18Br2N2O2S. The van der Waals surface area contributed by atoms with Gasteiger partial charge in [0.1, 0.15) is 5.75 Å². The molecule has 1 amide bonds. The van der Waals surface area contributed by atoms with Crippen LogP contribution in [0.15, 0.2) is 39.3 Å². The first kappa shape index (κ1) is 19.1. The highest BCUT2D eigenvalue weighted by Gasteiger charge is 2.14. The zero-order valence-corrected chi connectivity index (χ0v) is 17.6. The molecule has 0 aliphatic carbocycles. The molecule has 2 N–H and O–H groups in total. The third-order valence-corrected chi connectivity index (χ3v) is 4.50. The monoisotopic (exact) mass is 472 g/mol. The average Bonchev–Trinajstić information content (AvgIpc) is 2.44. The number of carbonyl (C=O) groups is 1. The molecule has 128 valence electrons. The maximum atomic E-state index is 11.9. The van der Waals surface area contributed by atoms with Crippen LogP contribution in [-0.2, 0) is 4.79 Å². The van der Waals surface area contributed by atoms with Gasteiger partial charge >= 0.3 is 0 Å². The zero-order valence-electron chi connectivity index (χ0n) is 13.6. The summed E-state index contributed by atoms with van der Waals surface area (Å²) in [5.74, 6) is 0.300. The number of nitrogens with one attached hydrogen (secondary N) is 2. The number of halogens is 2. The van der Waals surface area contributed by atoms with Crippen molar-refractivity contribution in [2.24, 2.45) is 0 Å².